The molecule has 1 aliphatic rings. The number of aromatic nitrogens is 3. The number of allylic oxidation sites excluding steroid dienone is 2. The first-order valence-corrected chi connectivity index (χ1v) is 10.7. The van der Waals surface area contributed by atoms with Gasteiger partial charge in [0, 0.05) is 18.8 Å². The number of methoxy groups -OCH3 is 1. The number of nitrogens with zero attached hydrogens (tertiary/aromatic N) is 3. The van der Waals surface area contributed by atoms with Crippen LogP contribution in [0.2, 0.25) is 0 Å². The van der Waals surface area contributed by atoms with E-state index in [2.05, 4.69) is 35.2 Å². The predicted octanol–water partition coefficient (Wildman–Crippen LogP) is 3.83. The van der Waals surface area contributed by atoms with Gasteiger partial charge in [0.2, 0.25) is 5.88 Å². The molecular weight excluding hydrogens is 392 g/mol. The molecular formula is C24H32N4O3. The van der Waals surface area contributed by atoms with E-state index in [1.807, 2.05) is 20.0 Å². The van der Waals surface area contributed by atoms with Crippen LogP contribution in [0.3, 0.4) is 0 Å². The highest BCUT2D eigenvalue weighted by molar-refractivity contribution is 5.90. The first-order chi connectivity index (χ1) is 14.9. The summed E-state index contributed by atoms with van der Waals surface area (Å²) in [6.45, 7) is 4.69. The van der Waals surface area contributed by atoms with Crippen molar-refractivity contribution in [3.63, 3.8) is 0 Å². The normalized spacial score (nSPS) is 18.7. The molecule has 3 atom stereocenters. The maximum atomic E-state index is 12.0. The largest absolute Gasteiger partial charge is 0.477 e. The Bertz CT molecular complexity index is 964. The zero-order valence-electron chi connectivity index (χ0n) is 18.7. The molecule has 1 aliphatic carbocycles. The minimum absolute atomic E-state index is 0.109. The summed E-state index contributed by atoms with van der Waals surface area (Å²) in [6, 6.07) is 3.52. The topological polar surface area (TPSA) is 92.3 Å². The van der Waals surface area contributed by atoms with Gasteiger partial charge in [0.15, 0.2) is 0 Å². The van der Waals surface area contributed by atoms with Gasteiger partial charge in [-0.1, -0.05) is 31.2 Å². The van der Waals surface area contributed by atoms with E-state index in [-0.39, 0.29) is 6.04 Å². The molecule has 0 spiro atoms. The van der Waals surface area contributed by atoms with Crippen molar-refractivity contribution in [2.75, 3.05) is 13.7 Å². The maximum Gasteiger partial charge on any atom is 0.337 e. The van der Waals surface area contributed by atoms with E-state index < -0.39 is 5.97 Å². The van der Waals surface area contributed by atoms with E-state index in [0.29, 0.717) is 35.6 Å². The molecule has 2 aromatic heterocycles. The van der Waals surface area contributed by atoms with Crippen LogP contribution < -0.4 is 10.5 Å². The van der Waals surface area contributed by atoms with Crippen molar-refractivity contribution in [2.24, 2.45) is 24.6 Å². The number of pyridine rings is 1. The second-order valence-corrected chi connectivity index (χ2v) is 8.20. The molecule has 0 amide bonds. The second kappa shape index (κ2) is 10.4. The smallest absolute Gasteiger partial charge is 0.337 e. The Labute approximate surface area is 183 Å². The molecule has 0 fully saturated rings. The van der Waals surface area contributed by atoms with Gasteiger partial charge in [0.1, 0.15) is 0 Å². The fourth-order valence-electron chi connectivity index (χ4n) is 3.90. The SMILES string of the molecule is COC(=O)c1cc(C)nc(-c2cnn(C)c2OCCCC(C)CC2C=CC=CC2N)c1. The molecule has 2 N–H and O–H groups in total. The number of aryl methyl sites for hydroxylation is 2. The summed E-state index contributed by atoms with van der Waals surface area (Å²) in [4.78, 5) is 16.5. The summed E-state index contributed by atoms with van der Waals surface area (Å²) in [5.41, 5.74) is 8.76. The molecule has 7 heteroatoms. The third-order valence-corrected chi connectivity index (χ3v) is 5.59. The number of hydrogen-bond acceptors (Lipinski definition) is 6. The Balaban J connectivity index is 1.59. The van der Waals surface area contributed by atoms with Gasteiger partial charge in [-0.25, -0.2) is 9.48 Å². The Morgan fingerprint density at radius 2 is 2.06 bits per heavy atom. The van der Waals surface area contributed by atoms with Gasteiger partial charge in [-0.05, 0) is 50.2 Å². The van der Waals surface area contributed by atoms with Crippen LogP contribution in [0.5, 0.6) is 5.88 Å². The third-order valence-electron chi connectivity index (χ3n) is 5.59. The third kappa shape index (κ3) is 5.82. The highest BCUT2D eigenvalue weighted by atomic mass is 16.5. The maximum absolute atomic E-state index is 12.0. The summed E-state index contributed by atoms with van der Waals surface area (Å²) in [5.74, 6) is 1.21. The lowest BCUT2D eigenvalue weighted by atomic mass is 9.86. The summed E-state index contributed by atoms with van der Waals surface area (Å²) in [6.07, 6.45) is 13.1. The average Bonchev–Trinajstić information content (AvgIpc) is 3.12. The van der Waals surface area contributed by atoms with Crippen molar-refractivity contribution >= 4 is 5.97 Å². The first-order valence-electron chi connectivity index (χ1n) is 10.7. The lowest BCUT2D eigenvalue weighted by Crippen LogP contribution is -2.29. The molecule has 3 unspecified atom stereocenters. The first kappa shape index (κ1) is 22.7. The van der Waals surface area contributed by atoms with Crippen LogP contribution in [0, 0.1) is 18.8 Å². The van der Waals surface area contributed by atoms with Gasteiger partial charge in [0.25, 0.3) is 0 Å². The molecule has 166 valence electrons. The Hall–Kier alpha value is -2.93. The molecule has 2 aromatic rings. The van der Waals surface area contributed by atoms with Crippen molar-refractivity contribution in [3.8, 4) is 17.1 Å². The summed E-state index contributed by atoms with van der Waals surface area (Å²) in [5, 5.41) is 4.32. The van der Waals surface area contributed by atoms with E-state index in [9.17, 15) is 4.79 Å². The quantitative estimate of drug-likeness (QED) is 0.486. The number of rotatable bonds is 9. The minimum atomic E-state index is -0.393. The van der Waals surface area contributed by atoms with Gasteiger partial charge in [-0.3, -0.25) is 4.98 Å². The van der Waals surface area contributed by atoms with Crippen LogP contribution in [-0.4, -0.2) is 40.5 Å². The van der Waals surface area contributed by atoms with E-state index in [0.717, 1.165) is 30.5 Å². The van der Waals surface area contributed by atoms with Gasteiger partial charge in [-0.15, -0.1) is 0 Å². The second-order valence-electron chi connectivity index (χ2n) is 8.20. The highest BCUT2D eigenvalue weighted by Crippen LogP contribution is 2.30. The lowest BCUT2D eigenvalue weighted by molar-refractivity contribution is 0.0600. The Morgan fingerprint density at radius 1 is 1.29 bits per heavy atom. The van der Waals surface area contributed by atoms with Crippen molar-refractivity contribution in [2.45, 2.75) is 39.2 Å². The summed E-state index contributed by atoms with van der Waals surface area (Å²) < 4.78 is 12.6. The summed E-state index contributed by atoms with van der Waals surface area (Å²) in [7, 11) is 3.20. The van der Waals surface area contributed by atoms with E-state index in [1.165, 1.54) is 7.11 Å². The zero-order chi connectivity index (χ0) is 22.4. The van der Waals surface area contributed by atoms with Crippen LogP contribution in [0.4, 0.5) is 0 Å². The average molecular weight is 425 g/mol. The fraction of sp³-hybridized carbons (Fsp3) is 0.458. The standard InChI is InChI=1S/C24H32N4O3/c1-16(12-18-9-5-6-10-21(18)25)8-7-11-31-23-20(15-26-28(23)3)22-14-19(24(29)30-4)13-17(2)27-22/h5-6,9-10,13-16,18,21H,7-8,11-12,25H2,1-4H3. The van der Waals surface area contributed by atoms with Crippen LogP contribution in [-0.2, 0) is 11.8 Å². The van der Waals surface area contributed by atoms with Crippen LogP contribution in [0.15, 0.2) is 42.6 Å². The number of hydrogen-bond donors (Lipinski definition) is 1. The highest BCUT2D eigenvalue weighted by Gasteiger charge is 2.19. The summed E-state index contributed by atoms with van der Waals surface area (Å²) >= 11 is 0. The minimum Gasteiger partial charge on any atom is -0.477 e. The Kier molecular flexibility index (Phi) is 7.63. The van der Waals surface area contributed by atoms with Crippen molar-refractivity contribution in [3.05, 3.63) is 53.9 Å². The van der Waals surface area contributed by atoms with Crippen LogP contribution in [0.1, 0.15) is 42.2 Å². The fourth-order valence-corrected chi connectivity index (χ4v) is 3.90. The monoisotopic (exact) mass is 424 g/mol. The molecule has 3 rings (SSSR count). The number of carbonyl (C=O) groups is 1. The van der Waals surface area contributed by atoms with Gasteiger partial charge in [0.05, 0.1) is 36.7 Å². The number of ether oxygens (including phenoxy) is 2. The lowest BCUT2D eigenvalue weighted by Gasteiger charge is -2.23. The van der Waals surface area contributed by atoms with E-state index in [4.69, 9.17) is 15.2 Å². The number of nitrogens with two attached hydrogens (primary N) is 1. The molecule has 2 heterocycles. The van der Waals surface area contributed by atoms with E-state index in [1.54, 1.807) is 23.0 Å². The van der Waals surface area contributed by atoms with Crippen LogP contribution in [0.25, 0.3) is 11.3 Å². The zero-order valence-corrected chi connectivity index (χ0v) is 18.7. The molecule has 0 aromatic carbocycles. The molecule has 31 heavy (non-hydrogen) atoms. The molecule has 0 aliphatic heterocycles. The van der Waals surface area contributed by atoms with Crippen molar-refractivity contribution in [1.82, 2.24) is 14.8 Å². The molecule has 0 bridgehead atoms. The van der Waals surface area contributed by atoms with Gasteiger partial charge < -0.3 is 15.2 Å². The van der Waals surface area contributed by atoms with Crippen LogP contribution >= 0.6 is 0 Å². The van der Waals surface area contributed by atoms with E-state index >= 15 is 0 Å². The predicted molar refractivity (Wildman–Crippen MR) is 121 cm³/mol. The molecule has 0 saturated heterocycles. The molecule has 0 radical (unpaired) electrons. The number of carbonyl (C=O) groups excluding carboxylic acids is 1. The molecule has 7 nitrogen and oxygen atoms in total. The van der Waals surface area contributed by atoms with Crippen molar-refractivity contribution < 1.29 is 14.3 Å². The van der Waals surface area contributed by atoms with Gasteiger partial charge in [-0.2, -0.15) is 5.10 Å². The van der Waals surface area contributed by atoms with Gasteiger partial charge >= 0.3 is 5.97 Å². The molecule has 0 saturated carbocycles. The Morgan fingerprint density at radius 3 is 2.81 bits per heavy atom. The van der Waals surface area contributed by atoms with Crippen molar-refractivity contribution in [1.29, 1.82) is 0 Å². The number of esters is 1.